The summed E-state index contributed by atoms with van der Waals surface area (Å²) in [6, 6.07) is 2.21. The van der Waals surface area contributed by atoms with E-state index in [0.29, 0.717) is 5.02 Å². The van der Waals surface area contributed by atoms with Crippen LogP contribution in [0, 0.1) is 0 Å². The molecule has 0 aromatic heterocycles. The van der Waals surface area contributed by atoms with E-state index in [1.165, 1.54) is 18.2 Å². The maximum absolute atomic E-state index is 12.7. The molecule has 0 saturated carbocycles. The third-order valence-electron chi connectivity index (χ3n) is 2.01. The van der Waals surface area contributed by atoms with E-state index < -0.39 is 12.2 Å². The van der Waals surface area contributed by atoms with Crippen LogP contribution in [0.2, 0.25) is 10.0 Å². The Bertz CT molecular complexity index is 366. The molecule has 6 heteroatoms. The van der Waals surface area contributed by atoms with Gasteiger partial charge in [0.15, 0.2) is 0 Å². The zero-order valence-electron chi connectivity index (χ0n) is 8.41. The average Bonchev–Trinajstić information content (AvgIpc) is 2.13. The number of alkyl halides is 3. The van der Waals surface area contributed by atoms with Crippen LogP contribution in [0.5, 0.6) is 0 Å². The van der Waals surface area contributed by atoms with Gasteiger partial charge in [-0.1, -0.05) is 36.2 Å². The van der Waals surface area contributed by atoms with Gasteiger partial charge in [0, 0.05) is 10.0 Å². The van der Waals surface area contributed by atoms with Crippen LogP contribution < -0.4 is 5.32 Å². The summed E-state index contributed by atoms with van der Waals surface area (Å²) in [6.07, 6.45) is -4.38. The average molecular weight is 272 g/mol. The molecule has 16 heavy (non-hydrogen) atoms. The molecule has 0 heterocycles. The van der Waals surface area contributed by atoms with E-state index >= 15 is 0 Å². The maximum atomic E-state index is 12.7. The van der Waals surface area contributed by atoms with Crippen LogP contribution in [0.1, 0.15) is 18.5 Å². The van der Waals surface area contributed by atoms with Crippen molar-refractivity contribution in [2.75, 3.05) is 6.54 Å². The Morgan fingerprint density at radius 3 is 2.38 bits per heavy atom. The largest absolute Gasteiger partial charge is 0.407 e. The van der Waals surface area contributed by atoms with E-state index in [4.69, 9.17) is 23.2 Å². The molecule has 0 spiro atoms. The summed E-state index contributed by atoms with van der Waals surface area (Å²) in [4.78, 5) is 0. The fraction of sp³-hybridized carbons (Fsp3) is 0.400. The first-order chi connectivity index (χ1) is 7.36. The molecule has 0 bridgehead atoms. The first-order valence-corrected chi connectivity index (χ1v) is 5.37. The molecular formula is C10H10Cl2F3N. The Morgan fingerprint density at radius 2 is 1.94 bits per heavy atom. The summed E-state index contributed by atoms with van der Waals surface area (Å²) in [7, 11) is 0. The third kappa shape index (κ3) is 3.27. The van der Waals surface area contributed by atoms with Gasteiger partial charge in [-0.2, -0.15) is 13.2 Å². The van der Waals surface area contributed by atoms with Crippen molar-refractivity contribution in [3.63, 3.8) is 0 Å². The Morgan fingerprint density at radius 1 is 1.31 bits per heavy atom. The highest BCUT2D eigenvalue weighted by Gasteiger charge is 2.41. The molecule has 90 valence electrons. The normalized spacial score (nSPS) is 13.9. The Labute approximate surface area is 102 Å². The fourth-order valence-corrected chi connectivity index (χ4v) is 1.86. The van der Waals surface area contributed by atoms with E-state index in [-0.39, 0.29) is 17.1 Å². The first kappa shape index (κ1) is 13.6. The second-order valence-electron chi connectivity index (χ2n) is 3.20. The van der Waals surface area contributed by atoms with Gasteiger partial charge in [0.1, 0.15) is 6.04 Å². The van der Waals surface area contributed by atoms with E-state index in [2.05, 4.69) is 5.32 Å². The second kappa shape index (κ2) is 5.25. The second-order valence-corrected chi connectivity index (χ2v) is 4.04. The lowest BCUT2D eigenvalue weighted by Gasteiger charge is -2.22. The van der Waals surface area contributed by atoms with Gasteiger partial charge in [-0.15, -0.1) is 0 Å². The zero-order valence-corrected chi connectivity index (χ0v) is 9.92. The first-order valence-electron chi connectivity index (χ1n) is 4.61. The molecule has 1 nitrogen and oxygen atoms in total. The van der Waals surface area contributed by atoms with Crippen LogP contribution in [0.3, 0.4) is 0 Å². The molecule has 1 unspecified atom stereocenters. The summed E-state index contributed by atoms with van der Waals surface area (Å²) in [5.74, 6) is 0. The number of hydrogen-bond acceptors (Lipinski definition) is 1. The number of nitrogens with one attached hydrogen (secondary N) is 1. The van der Waals surface area contributed by atoms with Crippen molar-refractivity contribution in [3.05, 3.63) is 33.8 Å². The summed E-state index contributed by atoms with van der Waals surface area (Å²) in [5.41, 5.74) is -0.0135. The quantitative estimate of drug-likeness (QED) is 0.869. The molecule has 0 radical (unpaired) electrons. The molecule has 1 atom stereocenters. The highest BCUT2D eigenvalue weighted by Crippen LogP contribution is 2.36. The maximum Gasteiger partial charge on any atom is 0.407 e. The lowest BCUT2D eigenvalue weighted by molar-refractivity contribution is -0.157. The number of benzene rings is 1. The van der Waals surface area contributed by atoms with Gasteiger partial charge in [-0.3, -0.25) is 0 Å². The molecule has 0 fully saturated rings. The Hall–Kier alpha value is -0.450. The van der Waals surface area contributed by atoms with Crippen molar-refractivity contribution in [2.24, 2.45) is 0 Å². The molecule has 0 aliphatic rings. The van der Waals surface area contributed by atoms with Crippen molar-refractivity contribution in [2.45, 2.75) is 19.1 Å². The Balaban J connectivity index is 3.11. The number of rotatable bonds is 3. The van der Waals surface area contributed by atoms with Gasteiger partial charge in [0.05, 0.1) is 0 Å². The van der Waals surface area contributed by atoms with Crippen LogP contribution >= 0.6 is 23.2 Å². The highest BCUT2D eigenvalue weighted by molar-refractivity contribution is 6.35. The van der Waals surface area contributed by atoms with E-state index in [1.54, 1.807) is 6.92 Å². The third-order valence-corrected chi connectivity index (χ3v) is 2.57. The van der Waals surface area contributed by atoms with E-state index in [1.807, 2.05) is 0 Å². The minimum Gasteiger partial charge on any atom is -0.303 e. The predicted molar refractivity (Wildman–Crippen MR) is 58.9 cm³/mol. The molecule has 0 saturated heterocycles. The van der Waals surface area contributed by atoms with Gasteiger partial charge >= 0.3 is 6.18 Å². The number of halogens is 5. The van der Waals surface area contributed by atoms with Gasteiger partial charge in [-0.25, -0.2) is 0 Å². The van der Waals surface area contributed by atoms with Crippen molar-refractivity contribution >= 4 is 23.2 Å². The van der Waals surface area contributed by atoms with E-state index in [9.17, 15) is 13.2 Å². The predicted octanol–water partition coefficient (Wildman–Crippen LogP) is 4.21. The molecular weight excluding hydrogens is 262 g/mol. The van der Waals surface area contributed by atoms with Gasteiger partial charge in [-0.05, 0) is 24.2 Å². The SMILES string of the molecule is CCNC(c1ccc(Cl)cc1Cl)C(F)(F)F. The summed E-state index contributed by atoms with van der Waals surface area (Å²) < 4.78 is 38.2. The van der Waals surface area contributed by atoms with Crippen molar-refractivity contribution < 1.29 is 13.2 Å². The molecule has 1 rings (SSSR count). The molecule has 0 aliphatic carbocycles. The van der Waals surface area contributed by atoms with Crippen LogP contribution in [0.4, 0.5) is 13.2 Å². The molecule has 0 aliphatic heterocycles. The van der Waals surface area contributed by atoms with Crippen LogP contribution in [-0.2, 0) is 0 Å². The van der Waals surface area contributed by atoms with Gasteiger partial charge < -0.3 is 5.32 Å². The van der Waals surface area contributed by atoms with Crippen molar-refractivity contribution in [1.29, 1.82) is 0 Å². The lowest BCUT2D eigenvalue weighted by Crippen LogP contribution is -2.34. The van der Waals surface area contributed by atoms with Crippen LogP contribution in [-0.4, -0.2) is 12.7 Å². The lowest BCUT2D eigenvalue weighted by atomic mass is 10.1. The summed E-state index contributed by atoms with van der Waals surface area (Å²) >= 11 is 11.4. The van der Waals surface area contributed by atoms with Gasteiger partial charge in [0.25, 0.3) is 0 Å². The van der Waals surface area contributed by atoms with Crippen LogP contribution in [0.25, 0.3) is 0 Å². The van der Waals surface area contributed by atoms with Crippen LogP contribution in [0.15, 0.2) is 18.2 Å². The van der Waals surface area contributed by atoms with Crippen molar-refractivity contribution in [1.82, 2.24) is 5.32 Å². The highest BCUT2D eigenvalue weighted by atomic mass is 35.5. The topological polar surface area (TPSA) is 12.0 Å². The van der Waals surface area contributed by atoms with Gasteiger partial charge in [0.2, 0.25) is 0 Å². The molecule has 0 amide bonds. The smallest absolute Gasteiger partial charge is 0.303 e. The summed E-state index contributed by atoms with van der Waals surface area (Å²) in [5, 5.41) is 2.67. The molecule has 1 aromatic carbocycles. The Kier molecular flexibility index (Phi) is 4.47. The summed E-state index contributed by atoms with van der Waals surface area (Å²) in [6.45, 7) is 1.80. The minimum absolute atomic E-state index is 0.00998. The number of hydrogen-bond donors (Lipinski definition) is 1. The standard InChI is InChI=1S/C10H10Cl2F3N/c1-2-16-9(10(13,14)15)7-4-3-6(11)5-8(7)12/h3-5,9,16H,2H2,1H3. The van der Waals surface area contributed by atoms with E-state index in [0.717, 1.165) is 0 Å². The minimum atomic E-state index is -4.38. The molecule has 1 aromatic rings. The monoisotopic (exact) mass is 271 g/mol. The van der Waals surface area contributed by atoms with Crippen molar-refractivity contribution in [3.8, 4) is 0 Å². The fourth-order valence-electron chi connectivity index (χ4n) is 1.34. The molecule has 1 N–H and O–H groups in total. The zero-order chi connectivity index (χ0) is 12.3.